The van der Waals surface area contributed by atoms with Crippen LogP contribution in [0.15, 0.2) is 48.7 Å². The number of halogens is 1. The van der Waals surface area contributed by atoms with Gasteiger partial charge in [0.15, 0.2) is 6.10 Å². The molecule has 0 aliphatic carbocycles. The molecule has 2 aromatic carbocycles. The van der Waals surface area contributed by atoms with Crippen molar-refractivity contribution in [3.05, 3.63) is 71.2 Å². The number of hydrogen-bond acceptors (Lipinski definition) is 8. The molecule has 4 aromatic rings. The average molecular weight is 729 g/mol. The molecule has 0 saturated carbocycles. The van der Waals surface area contributed by atoms with Gasteiger partial charge in [0.1, 0.15) is 23.0 Å². The van der Waals surface area contributed by atoms with E-state index >= 15 is 0 Å². The quantitative estimate of drug-likeness (QED) is 0.197. The molecule has 286 valence electrons. The van der Waals surface area contributed by atoms with E-state index < -0.39 is 17.7 Å². The number of anilines is 1. The number of nitrogens with one attached hydrogen (secondary N) is 1. The maximum absolute atomic E-state index is 14.8. The number of piperidine rings is 1. The molecule has 10 heteroatoms. The number of nitrogens with zero attached hydrogens (tertiary/aromatic N) is 3. The lowest BCUT2D eigenvalue weighted by Gasteiger charge is -2.42. The highest BCUT2D eigenvalue weighted by Crippen LogP contribution is 2.42. The molecule has 0 amide bonds. The number of pyridine rings is 1. The van der Waals surface area contributed by atoms with Crippen LogP contribution in [0, 0.1) is 12.7 Å². The number of carbonyl (C=O) groups excluding carboxylic acids is 1. The number of imidazole rings is 1. The van der Waals surface area contributed by atoms with Crippen LogP contribution in [0.4, 0.5) is 10.2 Å². The molecule has 0 spiro atoms. The Kier molecular flexibility index (Phi) is 11.5. The van der Waals surface area contributed by atoms with E-state index in [9.17, 15) is 9.18 Å². The Morgan fingerprint density at radius 2 is 1.85 bits per heavy atom. The van der Waals surface area contributed by atoms with Crippen LogP contribution in [0.3, 0.4) is 0 Å². The van der Waals surface area contributed by atoms with Crippen molar-refractivity contribution < 1.29 is 28.1 Å². The van der Waals surface area contributed by atoms with Gasteiger partial charge in [0.25, 0.3) is 0 Å². The average Bonchev–Trinajstić information content (AvgIpc) is 3.55. The topological polar surface area (TPSA) is 86.6 Å². The minimum atomic E-state index is -0.977. The van der Waals surface area contributed by atoms with E-state index in [2.05, 4.69) is 61.5 Å². The predicted molar refractivity (Wildman–Crippen MR) is 208 cm³/mol. The third kappa shape index (κ3) is 8.71. The van der Waals surface area contributed by atoms with E-state index in [0.29, 0.717) is 24.5 Å². The number of aromatic nitrogens is 2. The molecule has 5 heterocycles. The molecule has 9 nitrogen and oxygen atoms in total. The van der Waals surface area contributed by atoms with Crippen LogP contribution in [0.2, 0.25) is 0 Å². The van der Waals surface area contributed by atoms with Gasteiger partial charge in [-0.15, -0.1) is 0 Å². The summed E-state index contributed by atoms with van der Waals surface area (Å²) in [6.45, 7) is 19.1. The van der Waals surface area contributed by atoms with Crippen molar-refractivity contribution in [2.24, 2.45) is 0 Å². The Hall–Kier alpha value is -3.99. The molecule has 6 bridgehead atoms. The standard InChI is InChI=1S/C43H57FN4O5/c1-27(2)45-25-34-29(4)37(38(41(49)50-9)53-42(5,6)7)40-47-20-18-43(8,19-21-47)51-22-11-10-13-28(3)52-36-17-16-32(44)24-33(36)30-14-12-15-31(23-30)35-26-48(40)39(34)46-35/h12,14-17,23-24,26-28,38,45H,10-11,13,18-22,25H2,1-9H3/t28-,38-/m0/s1. The Morgan fingerprint density at radius 1 is 1.11 bits per heavy atom. The molecular formula is C43H57FN4O5. The zero-order valence-electron chi connectivity index (χ0n) is 33.0. The summed E-state index contributed by atoms with van der Waals surface area (Å²) in [6, 6.07) is 13.0. The van der Waals surface area contributed by atoms with E-state index in [1.54, 1.807) is 12.1 Å². The van der Waals surface area contributed by atoms with Gasteiger partial charge in [-0.3, -0.25) is 4.40 Å². The van der Waals surface area contributed by atoms with Gasteiger partial charge in [0.2, 0.25) is 0 Å². The third-order valence-electron chi connectivity index (χ3n) is 10.5. The second-order valence-electron chi connectivity index (χ2n) is 16.3. The first-order valence-electron chi connectivity index (χ1n) is 19.2. The molecule has 0 unspecified atom stereocenters. The van der Waals surface area contributed by atoms with E-state index in [1.807, 2.05) is 39.0 Å². The zero-order chi connectivity index (χ0) is 38.1. The maximum Gasteiger partial charge on any atom is 0.339 e. The monoisotopic (exact) mass is 728 g/mol. The van der Waals surface area contributed by atoms with Gasteiger partial charge in [-0.1, -0.05) is 32.0 Å². The fourth-order valence-corrected chi connectivity index (χ4v) is 7.50. The zero-order valence-corrected chi connectivity index (χ0v) is 33.0. The third-order valence-corrected chi connectivity index (χ3v) is 10.5. The first-order chi connectivity index (χ1) is 25.2. The number of rotatable bonds is 6. The molecular weight excluding hydrogens is 671 g/mol. The molecule has 1 saturated heterocycles. The Morgan fingerprint density at radius 3 is 2.55 bits per heavy atom. The highest BCUT2D eigenvalue weighted by atomic mass is 19.1. The van der Waals surface area contributed by atoms with Crippen molar-refractivity contribution in [1.82, 2.24) is 14.7 Å². The van der Waals surface area contributed by atoms with E-state index in [4.69, 9.17) is 23.9 Å². The highest BCUT2D eigenvalue weighted by molar-refractivity contribution is 5.83. The van der Waals surface area contributed by atoms with Crippen LogP contribution in [0.1, 0.15) is 103 Å². The molecule has 7 rings (SSSR count). The maximum atomic E-state index is 14.8. The molecule has 1 fully saturated rings. The highest BCUT2D eigenvalue weighted by Gasteiger charge is 2.38. The second kappa shape index (κ2) is 15.8. The Labute approximate surface area is 314 Å². The van der Waals surface area contributed by atoms with E-state index in [0.717, 1.165) is 90.2 Å². The van der Waals surface area contributed by atoms with Gasteiger partial charge in [0, 0.05) is 60.7 Å². The fraction of sp³-hybridized carbons (Fsp3) is 0.535. The van der Waals surface area contributed by atoms with Crippen molar-refractivity contribution >= 4 is 17.4 Å². The van der Waals surface area contributed by atoms with Crippen molar-refractivity contribution in [1.29, 1.82) is 0 Å². The summed E-state index contributed by atoms with van der Waals surface area (Å²) in [5.41, 5.74) is 5.74. The largest absolute Gasteiger partial charge is 0.490 e. The minimum Gasteiger partial charge on any atom is -0.490 e. The van der Waals surface area contributed by atoms with Crippen molar-refractivity contribution in [3.8, 4) is 28.1 Å². The van der Waals surface area contributed by atoms with Gasteiger partial charge in [-0.05, 0) is 109 Å². The number of carbonyl (C=O) groups is 1. The molecule has 2 aromatic heterocycles. The second-order valence-corrected chi connectivity index (χ2v) is 16.3. The van der Waals surface area contributed by atoms with Gasteiger partial charge in [-0.25, -0.2) is 14.2 Å². The molecule has 53 heavy (non-hydrogen) atoms. The number of esters is 1. The molecule has 3 aliphatic rings. The first kappa shape index (κ1) is 38.7. The van der Waals surface area contributed by atoms with Crippen molar-refractivity contribution in [2.75, 3.05) is 31.7 Å². The summed E-state index contributed by atoms with van der Waals surface area (Å²) < 4.78 is 42.0. The lowest BCUT2D eigenvalue weighted by Crippen LogP contribution is -2.46. The normalized spacial score (nSPS) is 20.4. The summed E-state index contributed by atoms with van der Waals surface area (Å²) >= 11 is 0. The van der Waals surface area contributed by atoms with Crippen LogP contribution in [0.5, 0.6) is 5.75 Å². The van der Waals surface area contributed by atoms with Crippen molar-refractivity contribution in [3.63, 3.8) is 0 Å². The van der Waals surface area contributed by atoms with Gasteiger partial charge in [0.05, 0.1) is 30.1 Å². The summed E-state index contributed by atoms with van der Waals surface area (Å²) in [5.74, 6) is 0.738. The predicted octanol–water partition coefficient (Wildman–Crippen LogP) is 8.97. The Bertz CT molecular complexity index is 1920. The van der Waals surface area contributed by atoms with Gasteiger partial charge in [-0.2, -0.15) is 0 Å². The number of ether oxygens (including phenoxy) is 4. The summed E-state index contributed by atoms with van der Waals surface area (Å²) in [5, 5.41) is 3.60. The summed E-state index contributed by atoms with van der Waals surface area (Å²) in [4.78, 5) is 21.5. The molecule has 3 aliphatic heterocycles. The lowest BCUT2D eigenvalue weighted by molar-refractivity contribution is -0.164. The van der Waals surface area contributed by atoms with E-state index in [1.165, 1.54) is 13.2 Å². The Balaban J connectivity index is 1.62. The minimum absolute atomic E-state index is 0.0462. The molecule has 2 atom stereocenters. The van der Waals surface area contributed by atoms with Gasteiger partial charge >= 0.3 is 5.97 Å². The van der Waals surface area contributed by atoms with Crippen LogP contribution in [0.25, 0.3) is 28.0 Å². The SMILES string of the molecule is COC(=O)[C@@H](OC(C)(C)C)c1c(C)c(CNC(C)C)c2nc3cn2c1N1CCC(C)(CC1)OCCCC[C@H](C)Oc1ccc(F)cc1-c1cccc-3c1. The van der Waals surface area contributed by atoms with Gasteiger partial charge < -0.3 is 29.2 Å². The number of methoxy groups -OCH3 is 1. The van der Waals surface area contributed by atoms with Crippen molar-refractivity contribution in [2.45, 2.75) is 123 Å². The fourth-order valence-electron chi connectivity index (χ4n) is 7.50. The number of fused-ring (bicyclic) bond motifs is 8. The van der Waals surface area contributed by atoms with Crippen LogP contribution in [-0.2, 0) is 25.5 Å². The number of hydrogen-bond donors (Lipinski definition) is 1. The lowest BCUT2D eigenvalue weighted by atomic mass is 9.91. The molecule has 1 N–H and O–H groups in total. The first-order valence-corrected chi connectivity index (χ1v) is 19.2. The van der Waals surface area contributed by atoms with Crippen LogP contribution < -0.4 is 15.0 Å². The van der Waals surface area contributed by atoms with Crippen LogP contribution in [-0.4, -0.2) is 65.5 Å². The number of benzene rings is 2. The summed E-state index contributed by atoms with van der Waals surface area (Å²) in [6.07, 6.45) is 5.42. The molecule has 0 radical (unpaired) electrons. The summed E-state index contributed by atoms with van der Waals surface area (Å²) in [7, 11) is 1.41. The smallest absolute Gasteiger partial charge is 0.339 e. The van der Waals surface area contributed by atoms with E-state index in [-0.39, 0.29) is 23.6 Å². The van der Waals surface area contributed by atoms with Crippen LogP contribution >= 0.6 is 0 Å².